The first kappa shape index (κ1) is 18.2. The molecule has 3 rings (SSSR count). The summed E-state index contributed by atoms with van der Waals surface area (Å²) in [6, 6.07) is 14.2. The Bertz CT molecular complexity index is 909. The van der Waals surface area contributed by atoms with E-state index < -0.39 is 17.1 Å². The van der Waals surface area contributed by atoms with Crippen LogP contribution in [0.5, 0.6) is 0 Å². The minimum atomic E-state index is -0.487. The van der Waals surface area contributed by atoms with Crippen molar-refractivity contribution in [2.45, 2.75) is 6.92 Å². The molecule has 1 N–H and O–H groups in total. The number of aryl methyl sites for hydroxylation is 1. The van der Waals surface area contributed by atoms with E-state index in [-0.39, 0.29) is 11.4 Å². The molecular formula is C19H15ClN2O3S. The van der Waals surface area contributed by atoms with Gasteiger partial charge in [0.25, 0.3) is 11.1 Å². The van der Waals surface area contributed by atoms with E-state index in [1.165, 1.54) is 0 Å². The van der Waals surface area contributed by atoms with Crippen LogP contribution in [-0.2, 0) is 9.59 Å². The molecule has 0 aliphatic carbocycles. The van der Waals surface area contributed by atoms with Crippen molar-refractivity contribution in [1.29, 1.82) is 0 Å². The Morgan fingerprint density at radius 3 is 2.62 bits per heavy atom. The van der Waals surface area contributed by atoms with Gasteiger partial charge in [-0.25, -0.2) is 0 Å². The standard InChI is InChI=1S/C19H15ClN2O3S/c1-12-5-7-15(8-6-12)21-17(23)11-22-18(24)16(26-19(22)25)10-13-3-2-4-14(20)9-13/h2-10H,11H2,1H3,(H,21,23)/b16-10-. The van der Waals surface area contributed by atoms with E-state index in [9.17, 15) is 14.4 Å². The maximum atomic E-state index is 12.4. The molecule has 0 saturated carbocycles. The second-order valence-electron chi connectivity index (χ2n) is 5.74. The number of anilines is 1. The highest BCUT2D eigenvalue weighted by Gasteiger charge is 2.36. The van der Waals surface area contributed by atoms with Crippen molar-refractivity contribution < 1.29 is 14.4 Å². The van der Waals surface area contributed by atoms with Crippen LogP contribution in [0.2, 0.25) is 5.02 Å². The van der Waals surface area contributed by atoms with Crippen LogP contribution < -0.4 is 5.32 Å². The molecule has 132 valence electrons. The van der Waals surface area contributed by atoms with Gasteiger partial charge in [-0.3, -0.25) is 19.3 Å². The Balaban J connectivity index is 1.69. The molecule has 2 aromatic carbocycles. The molecule has 1 fully saturated rings. The number of hydrogen-bond donors (Lipinski definition) is 1. The van der Waals surface area contributed by atoms with Crippen molar-refractivity contribution in [3.05, 3.63) is 69.6 Å². The molecular weight excluding hydrogens is 372 g/mol. The van der Waals surface area contributed by atoms with Crippen molar-refractivity contribution in [1.82, 2.24) is 4.90 Å². The lowest BCUT2D eigenvalue weighted by Crippen LogP contribution is -2.36. The number of rotatable bonds is 4. The molecule has 0 spiro atoms. The average Bonchev–Trinajstić information content (AvgIpc) is 2.84. The minimum absolute atomic E-state index is 0.264. The van der Waals surface area contributed by atoms with E-state index in [2.05, 4.69) is 5.32 Å². The van der Waals surface area contributed by atoms with Crippen LogP contribution in [0.1, 0.15) is 11.1 Å². The monoisotopic (exact) mass is 386 g/mol. The lowest BCUT2D eigenvalue weighted by molar-refractivity contribution is -0.127. The average molecular weight is 387 g/mol. The maximum absolute atomic E-state index is 12.4. The van der Waals surface area contributed by atoms with Gasteiger partial charge in [0.15, 0.2) is 0 Å². The van der Waals surface area contributed by atoms with E-state index in [0.717, 1.165) is 22.2 Å². The third kappa shape index (κ3) is 4.33. The van der Waals surface area contributed by atoms with E-state index >= 15 is 0 Å². The number of halogens is 1. The number of carbonyl (C=O) groups excluding carboxylic acids is 3. The van der Waals surface area contributed by atoms with Gasteiger partial charge in [-0.15, -0.1) is 0 Å². The van der Waals surface area contributed by atoms with Gasteiger partial charge in [0.05, 0.1) is 4.91 Å². The van der Waals surface area contributed by atoms with Crippen LogP contribution in [-0.4, -0.2) is 28.5 Å². The van der Waals surface area contributed by atoms with Gasteiger partial charge in [-0.1, -0.05) is 41.4 Å². The number of nitrogens with zero attached hydrogens (tertiary/aromatic N) is 1. The number of carbonyl (C=O) groups is 3. The smallest absolute Gasteiger partial charge is 0.294 e. The summed E-state index contributed by atoms with van der Waals surface area (Å²) in [6.45, 7) is 1.61. The summed E-state index contributed by atoms with van der Waals surface area (Å²) in [5, 5.41) is 2.75. The maximum Gasteiger partial charge on any atom is 0.294 e. The highest BCUT2D eigenvalue weighted by molar-refractivity contribution is 8.18. The number of thioether (sulfide) groups is 1. The van der Waals surface area contributed by atoms with Gasteiger partial charge in [0, 0.05) is 10.7 Å². The van der Waals surface area contributed by atoms with Crippen LogP contribution in [0.3, 0.4) is 0 Å². The Hall–Kier alpha value is -2.57. The van der Waals surface area contributed by atoms with Gasteiger partial charge < -0.3 is 5.32 Å². The quantitative estimate of drug-likeness (QED) is 0.794. The molecule has 1 aliphatic heterocycles. The van der Waals surface area contributed by atoms with Crippen LogP contribution in [0.4, 0.5) is 10.5 Å². The van der Waals surface area contributed by atoms with Gasteiger partial charge in [0.1, 0.15) is 6.54 Å². The van der Waals surface area contributed by atoms with Crippen LogP contribution >= 0.6 is 23.4 Å². The third-order valence-corrected chi connectivity index (χ3v) is 4.80. The van der Waals surface area contributed by atoms with E-state index in [0.29, 0.717) is 16.3 Å². The van der Waals surface area contributed by atoms with Crippen molar-refractivity contribution in [3.8, 4) is 0 Å². The molecule has 26 heavy (non-hydrogen) atoms. The van der Waals surface area contributed by atoms with E-state index in [1.807, 2.05) is 19.1 Å². The summed E-state index contributed by atoms with van der Waals surface area (Å²) < 4.78 is 0. The molecule has 0 bridgehead atoms. The zero-order valence-electron chi connectivity index (χ0n) is 13.9. The van der Waals surface area contributed by atoms with Crippen molar-refractivity contribution in [2.75, 3.05) is 11.9 Å². The summed E-state index contributed by atoms with van der Waals surface area (Å²) in [5.41, 5.74) is 2.40. The summed E-state index contributed by atoms with van der Waals surface area (Å²) in [5.74, 6) is -0.917. The molecule has 1 aliphatic rings. The minimum Gasteiger partial charge on any atom is -0.325 e. The molecule has 0 unspecified atom stereocenters. The van der Waals surface area contributed by atoms with Crippen molar-refractivity contribution in [2.24, 2.45) is 0 Å². The lowest BCUT2D eigenvalue weighted by Gasteiger charge is -2.12. The predicted octanol–water partition coefficient (Wildman–Crippen LogP) is 4.32. The second-order valence-corrected chi connectivity index (χ2v) is 7.17. The molecule has 0 radical (unpaired) electrons. The summed E-state index contributed by atoms with van der Waals surface area (Å²) in [4.78, 5) is 37.9. The highest BCUT2D eigenvalue weighted by Crippen LogP contribution is 2.32. The molecule has 0 atom stereocenters. The predicted molar refractivity (Wildman–Crippen MR) is 104 cm³/mol. The number of imide groups is 1. The molecule has 2 aromatic rings. The first-order valence-corrected chi connectivity index (χ1v) is 8.99. The molecule has 5 nitrogen and oxygen atoms in total. The highest BCUT2D eigenvalue weighted by atomic mass is 35.5. The van der Waals surface area contributed by atoms with Gasteiger partial charge >= 0.3 is 0 Å². The molecule has 1 saturated heterocycles. The van der Waals surface area contributed by atoms with Crippen LogP contribution in [0.25, 0.3) is 6.08 Å². The first-order chi connectivity index (χ1) is 12.4. The third-order valence-electron chi connectivity index (χ3n) is 3.66. The molecule has 0 aromatic heterocycles. The summed E-state index contributed by atoms with van der Waals surface area (Å²) in [7, 11) is 0. The Kier molecular flexibility index (Phi) is 5.44. The zero-order valence-corrected chi connectivity index (χ0v) is 15.4. The van der Waals surface area contributed by atoms with Gasteiger partial charge in [-0.2, -0.15) is 0 Å². The Labute approximate surface area is 160 Å². The SMILES string of the molecule is Cc1ccc(NC(=O)CN2C(=O)S/C(=C\c3cccc(Cl)c3)C2=O)cc1. The van der Waals surface area contributed by atoms with E-state index in [1.54, 1.807) is 42.5 Å². The second kappa shape index (κ2) is 7.76. The molecule has 7 heteroatoms. The molecule has 3 amide bonds. The fourth-order valence-electron chi connectivity index (χ4n) is 2.37. The fraction of sp³-hybridized carbons (Fsp3) is 0.105. The van der Waals surface area contributed by atoms with Crippen molar-refractivity contribution in [3.63, 3.8) is 0 Å². The normalized spacial score (nSPS) is 15.6. The molecule has 1 heterocycles. The lowest BCUT2D eigenvalue weighted by atomic mass is 10.2. The topological polar surface area (TPSA) is 66.5 Å². The van der Waals surface area contributed by atoms with Crippen LogP contribution in [0.15, 0.2) is 53.4 Å². The first-order valence-electron chi connectivity index (χ1n) is 7.80. The van der Waals surface area contributed by atoms with E-state index in [4.69, 9.17) is 11.6 Å². The Morgan fingerprint density at radius 1 is 1.19 bits per heavy atom. The van der Waals surface area contributed by atoms with Crippen LogP contribution in [0, 0.1) is 6.92 Å². The number of benzene rings is 2. The zero-order chi connectivity index (χ0) is 18.7. The van der Waals surface area contributed by atoms with Gasteiger partial charge in [-0.05, 0) is 54.6 Å². The summed E-state index contributed by atoms with van der Waals surface area (Å²) >= 11 is 6.74. The Morgan fingerprint density at radius 2 is 1.92 bits per heavy atom. The summed E-state index contributed by atoms with van der Waals surface area (Å²) in [6.07, 6.45) is 1.59. The number of hydrogen-bond acceptors (Lipinski definition) is 4. The van der Waals surface area contributed by atoms with Gasteiger partial charge in [0.2, 0.25) is 5.91 Å². The largest absolute Gasteiger partial charge is 0.325 e. The number of amides is 3. The number of nitrogens with one attached hydrogen (secondary N) is 1. The fourth-order valence-corrected chi connectivity index (χ4v) is 3.40. The van der Waals surface area contributed by atoms with Crippen molar-refractivity contribution >= 4 is 52.2 Å².